The number of nitrogens with zero attached hydrogens (tertiary/aromatic N) is 1. The van der Waals surface area contributed by atoms with Crippen LogP contribution in [-0.4, -0.2) is 65.9 Å². The number of rotatable bonds is 12. The number of carbonyl (C=O) groups excluding carboxylic acids is 1. The number of aliphatic hydroxyl groups excluding tert-OH is 1. The van der Waals surface area contributed by atoms with Crippen LogP contribution >= 0.6 is 0 Å². The molecule has 2 aromatic carbocycles. The molecule has 0 saturated heterocycles. The zero-order chi connectivity index (χ0) is 26.1. The Morgan fingerprint density at radius 3 is 2.47 bits per heavy atom. The summed E-state index contributed by atoms with van der Waals surface area (Å²) in [7, 11) is 2.96. The van der Waals surface area contributed by atoms with Gasteiger partial charge in [-0.25, -0.2) is 9.00 Å². The van der Waals surface area contributed by atoms with Crippen molar-refractivity contribution in [2.75, 3.05) is 38.2 Å². The van der Waals surface area contributed by atoms with E-state index < -0.39 is 17.4 Å². The Bertz CT molecular complexity index is 1010. The van der Waals surface area contributed by atoms with Crippen LogP contribution in [0.15, 0.2) is 42.5 Å². The second-order valence-corrected chi connectivity index (χ2v) is 9.84. The zero-order valence-corrected chi connectivity index (χ0v) is 21.8. The summed E-state index contributed by atoms with van der Waals surface area (Å²) in [6.45, 7) is 2.66. The fourth-order valence-corrected chi connectivity index (χ4v) is 4.69. The molecule has 0 amide bonds. The van der Waals surface area contributed by atoms with Crippen molar-refractivity contribution in [3.63, 3.8) is 0 Å². The molecule has 0 radical (unpaired) electrons. The van der Waals surface area contributed by atoms with Crippen LogP contribution in [0.5, 0.6) is 11.5 Å². The third-order valence-corrected chi connectivity index (χ3v) is 7.09. The first-order chi connectivity index (χ1) is 17.3. The average molecular weight is 521 g/mol. The fourth-order valence-electron chi connectivity index (χ4n) is 4.38. The number of anilines is 1. The van der Waals surface area contributed by atoms with Crippen molar-refractivity contribution in [3.05, 3.63) is 53.6 Å². The molecule has 1 aliphatic rings. The molecule has 3 N–H and O–H groups in total. The third-order valence-electron chi connectivity index (χ3n) is 6.43. The second-order valence-electron chi connectivity index (χ2n) is 8.83. The van der Waals surface area contributed by atoms with Gasteiger partial charge in [0.05, 0.1) is 25.0 Å². The van der Waals surface area contributed by atoms with Gasteiger partial charge in [-0.2, -0.15) is 0 Å². The summed E-state index contributed by atoms with van der Waals surface area (Å²) in [5.74, 6) is 1.08. The predicted octanol–water partition coefficient (Wildman–Crippen LogP) is 3.50. The van der Waals surface area contributed by atoms with E-state index in [1.165, 1.54) is 19.7 Å². The summed E-state index contributed by atoms with van der Waals surface area (Å²) in [5.41, 5.74) is 2.23. The molecule has 198 valence electrons. The summed E-state index contributed by atoms with van der Waals surface area (Å²) in [5, 5.41) is 13.8. The molecule has 0 bridgehead atoms. The van der Waals surface area contributed by atoms with Crippen LogP contribution in [0, 0.1) is 0 Å². The Kier molecular flexibility index (Phi) is 10.5. The van der Waals surface area contributed by atoms with Crippen LogP contribution in [0.2, 0.25) is 0 Å². The van der Waals surface area contributed by atoms with Crippen molar-refractivity contribution in [1.82, 2.24) is 5.32 Å². The maximum atomic E-state index is 11.8. The molecule has 9 nitrogen and oxygen atoms in total. The van der Waals surface area contributed by atoms with Gasteiger partial charge in [0.25, 0.3) is 11.3 Å². The summed E-state index contributed by atoms with van der Waals surface area (Å²) in [6, 6.07) is 13.0. The van der Waals surface area contributed by atoms with Crippen LogP contribution in [-0.2, 0) is 16.0 Å². The Hall–Kier alpha value is -2.66. The number of benzene rings is 2. The first-order valence-electron chi connectivity index (χ1n) is 12.2. The Morgan fingerprint density at radius 2 is 1.86 bits per heavy atom. The lowest BCUT2D eigenvalue weighted by Crippen LogP contribution is -2.39. The number of ether oxygens (including phenoxy) is 3. The van der Waals surface area contributed by atoms with Gasteiger partial charge < -0.3 is 24.6 Å². The van der Waals surface area contributed by atoms with Gasteiger partial charge in [0.15, 0.2) is 0 Å². The minimum atomic E-state index is -2.20. The topological polar surface area (TPSA) is 118 Å². The van der Waals surface area contributed by atoms with Crippen molar-refractivity contribution in [3.8, 4) is 11.5 Å². The monoisotopic (exact) mass is 520 g/mol. The van der Waals surface area contributed by atoms with E-state index in [0.717, 1.165) is 30.0 Å². The van der Waals surface area contributed by atoms with Gasteiger partial charge in [0.2, 0.25) is 0 Å². The number of methoxy groups -OCH3 is 1. The smallest absolute Gasteiger partial charge is 0.338 e. The molecule has 1 saturated carbocycles. The van der Waals surface area contributed by atoms with Gasteiger partial charge in [0, 0.05) is 25.7 Å². The molecular formula is C26H36N2O7S. The number of carbonyl (C=O) groups is 1. The molecule has 0 spiro atoms. The molecule has 1 fully saturated rings. The Labute approximate surface area is 215 Å². The predicted molar refractivity (Wildman–Crippen MR) is 139 cm³/mol. The molecule has 36 heavy (non-hydrogen) atoms. The number of aliphatic hydroxyl groups is 1. The van der Waals surface area contributed by atoms with E-state index in [0.29, 0.717) is 47.9 Å². The molecule has 0 heterocycles. The Morgan fingerprint density at radius 1 is 1.17 bits per heavy atom. The molecule has 0 aromatic heterocycles. The lowest BCUT2D eigenvalue weighted by molar-refractivity contribution is 0.0526. The molecular weight excluding hydrogens is 484 g/mol. The van der Waals surface area contributed by atoms with Crippen LogP contribution in [0.3, 0.4) is 0 Å². The molecule has 2 atom stereocenters. The highest BCUT2D eigenvalue weighted by molar-refractivity contribution is 7.80. The first-order valence-corrected chi connectivity index (χ1v) is 13.2. The van der Waals surface area contributed by atoms with Gasteiger partial charge in [-0.1, -0.05) is 12.1 Å². The van der Waals surface area contributed by atoms with Gasteiger partial charge in [-0.3, -0.25) is 8.86 Å². The van der Waals surface area contributed by atoms with Crippen LogP contribution in [0.4, 0.5) is 5.69 Å². The lowest BCUT2D eigenvalue weighted by atomic mass is 9.81. The zero-order valence-electron chi connectivity index (χ0n) is 21.0. The fraction of sp³-hybridized carbons (Fsp3) is 0.500. The number of hydrogen-bond donors (Lipinski definition) is 3. The standard InChI is InChI=1S/C26H36N2O7S/c1-4-34-26(30)20-7-5-18(6-8-20)19-9-11-21(12-10-19)27-16-22(29)17-35-23-13-14-25(33-3)24(15-23)28(2)36(31)32/h5-8,13-15,19,21-22,27,29H,4,9-12,16-17H2,1-3H3,(H,31,32)/t19?,21?,22-/m0/s1. The van der Waals surface area contributed by atoms with Crippen LogP contribution in [0.1, 0.15) is 54.4 Å². The Balaban J connectivity index is 1.42. The SMILES string of the molecule is CCOC(=O)c1ccc(C2CCC(NC[C@H](O)COc3ccc(OC)c(N(C)S(=O)O)c3)CC2)cc1. The van der Waals surface area contributed by atoms with Crippen LogP contribution in [0.25, 0.3) is 0 Å². The summed E-state index contributed by atoms with van der Waals surface area (Å²) in [6.07, 6.45) is 3.39. The quantitative estimate of drug-likeness (QED) is 0.288. The van der Waals surface area contributed by atoms with E-state index in [9.17, 15) is 18.7 Å². The summed E-state index contributed by atoms with van der Waals surface area (Å²) in [4.78, 5) is 11.8. The maximum Gasteiger partial charge on any atom is 0.338 e. The highest BCUT2D eigenvalue weighted by Crippen LogP contribution is 2.34. The molecule has 3 rings (SSSR count). The normalized spacial score (nSPS) is 19.2. The van der Waals surface area contributed by atoms with Crippen LogP contribution < -0.4 is 19.1 Å². The van der Waals surface area contributed by atoms with E-state index in [1.807, 2.05) is 24.3 Å². The van der Waals surface area contributed by atoms with Crippen molar-refractivity contribution in [2.45, 2.75) is 50.7 Å². The van der Waals surface area contributed by atoms with E-state index in [-0.39, 0.29) is 12.6 Å². The lowest BCUT2D eigenvalue weighted by Gasteiger charge is -2.30. The van der Waals surface area contributed by atoms with Crippen molar-refractivity contribution < 1.29 is 32.9 Å². The van der Waals surface area contributed by atoms with Gasteiger partial charge in [0.1, 0.15) is 24.2 Å². The van der Waals surface area contributed by atoms with Crippen molar-refractivity contribution >= 4 is 22.9 Å². The van der Waals surface area contributed by atoms with E-state index >= 15 is 0 Å². The molecule has 0 aliphatic heterocycles. The van der Waals surface area contributed by atoms with Gasteiger partial charge in [-0.05, 0) is 68.4 Å². The first kappa shape index (κ1) is 27.9. The second kappa shape index (κ2) is 13.6. The molecule has 10 heteroatoms. The van der Waals surface area contributed by atoms with Gasteiger partial charge >= 0.3 is 5.97 Å². The van der Waals surface area contributed by atoms with E-state index in [4.69, 9.17) is 14.2 Å². The van der Waals surface area contributed by atoms with E-state index in [1.54, 1.807) is 25.1 Å². The number of nitrogens with one attached hydrogen (secondary N) is 1. The summed E-state index contributed by atoms with van der Waals surface area (Å²) < 4.78 is 37.9. The third kappa shape index (κ3) is 7.67. The summed E-state index contributed by atoms with van der Waals surface area (Å²) >= 11 is -2.20. The minimum Gasteiger partial charge on any atom is -0.495 e. The highest BCUT2D eigenvalue weighted by atomic mass is 32.2. The van der Waals surface area contributed by atoms with Gasteiger partial charge in [-0.15, -0.1) is 0 Å². The average Bonchev–Trinajstić information content (AvgIpc) is 2.90. The largest absolute Gasteiger partial charge is 0.495 e. The molecule has 1 aliphatic carbocycles. The number of hydrogen-bond acceptors (Lipinski definition) is 7. The minimum absolute atomic E-state index is 0.0901. The van der Waals surface area contributed by atoms with Crippen molar-refractivity contribution in [1.29, 1.82) is 0 Å². The molecule has 1 unspecified atom stereocenters. The highest BCUT2D eigenvalue weighted by Gasteiger charge is 2.23. The maximum absolute atomic E-state index is 11.8. The molecule has 2 aromatic rings. The van der Waals surface area contributed by atoms with E-state index in [2.05, 4.69) is 5.32 Å². The number of esters is 1. The van der Waals surface area contributed by atoms with Crippen molar-refractivity contribution in [2.24, 2.45) is 0 Å².